The zero-order chi connectivity index (χ0) is 19.8. The maximum absolute atomic E-state index is 13.1. The second kappa shape index (κ2) is 7.13. The Morgan fingerprint density at radius 2 is 1.85 bits per heavy atom. The van der Waals surface area contributed by atoms with E-state index >= 15 is 0 Å². The maximum Gasteiger partial charge on any atom is 0.416 e. The number of hydrogen-bond donors (Lipinski definition) is 2. The molecule has 2 heterocycles. The Bertz CT molecular complexity index is 965. The molecule has 0 radical (unpaired) electrons. The summed E-state index contributed by atoms with van der Waals surface area (Å²) in [7, 11) is -3.95. The van der Waals surface area contributed by atoms with E-state index in [1.54, 1.807) is 0 Å². The molecule has 1 aliphatic heterocycles. The Morgan fingerprint density at radius 3 is 2.41 bits per heavy atom. The van der Waals surface area contributed by atoms with E-state index < -0.39 is 27.7 Å². The fourth-order valence-corrected chi connectivity index (χ4v) is 4.41. The smallest absolute Gasteiger partial charge is 0.370 e. The number of carbonyl (C=O) groups excluding carboxylic acids is 1. The van der Waals surface area contributed by atoms with Crippen molar-refractivity contribution in [1.82, 2.24) is 0 Å². The average molecular weight is 419 g/mol. The molecule has 146 valence electrons. The van der Waals surface area contributed by atoms with Crippen LogP contribution in [0.2, 0.25) is 0 Å². The molecule has 0 spiro atoms. The first-order valence-corrected chi connectivity index (χ1v) is 10.4. The van der Waals surface area contributed by atoms with Gasteiger partial charge in [-0.3, -0.25) is 4.79 Å². The number of benzene rings is 1. The summed E-state index contributed by atoms with van der Waals surface area (Å²) >= 11 is 0.768. The third-order valence-corrected chi connectivity index (χ3v) is 6.52. The van der Waals surface area contributed by atoms with E-state index in [1.165, 1.54) is 11.4 Å². The molecule has 1 saturated heterocycles. The van der Waals surface area contributed by atoms with Crippen LogP contribution in [0.1, 0.15) is 28.8 Å². The summed E-state index contributed by atoms with van der Waals surface area (Å²) in [5.41, 5.74) is -0.346. The second-order valence-corrected chi connectivity index (χ2v) is 8.78. The molecule has 11 heteroatoms. The van der Waals surface area contributed by atoms with E-state index in [9.17, 15) is 26.4 Å². The number of carbonyl (C=O) groups is 1. The van der Waals surface area contributed by atoms with Gasteiger partial charge in [0.25, 0.3) is 5.91 Å². The predicted octanol–water partition coefficient (Wildman–Crippen LogP) is 3.27. The van der Waals surface area contributed by atoms with Gasteiger partial charge in [-0.05, 0) is 37.1 Å². The van der Waals surface area contributed by atoms with Gasteiger partial charge in [-0.2, -0.15) is 13.2 Å². The van der Waals surface area contributed by atoms with Crippen molar-refractivity contribution in [2.45, 2.75) is 23.2 Å². The number of thiophene rings is 1. The number of nitrogens with two attached hydrogens (primary N) is 1. The number of nitrogens with one attached hydrogen (secondary N) is 1. The summed E-state index contributed by atoms with van der Waals surface area (Å²) in [6, 6.07) is 4.30. The lowest BCUT2D eigenvalue weighted by Crippen LogP contribution is -2.22. The Balaban J connectivity index is 1.93. The third-order valence-electron chi connectivity index (χ3n) is 4.14. The van der Waals surface area contributed by atoms with Gasteiger partial charge in [0.2, 0.25) is 10.0 Å². The van der Waals surface area contributed by atoms with Gasteiger partial charge in [0, 0.05) is 18.5 Å². The summed E-state index contributed by atoms with van der Waals surface area (Å²) in [6.45, 7) is 1.37. The summed E-state index contributed by atoms with van der Waals surface area (Å²) < 4.78 is 61.7. The minimum atomic E-state index is -4.55. The average Bonchev–Trinajstić information content (AvgIpc) is 3.25. The van der Waals surface area contributed by atoms with Gasteiger partial charge < -0.3 is 10.2 Å². The van der Waals surface area contributed by atoms with Crippen molar-refractivity contribution in [2.75, 3.05) is 23.3 Å². The number of hydrogen-bond acceptors (Lipinski definition) is 5. The number of halogens is 3. The predicted molar refractivity (Wildman–Crippen MR) is 96.5 cm³/mol. The third kappa shape index (κ3) is 4.42. The van der Waals surface area contributed by atoms with Crippen LogP contribution in [-0.4, -0.2) is 27.4 Å². The Kier molecular flexibility index (Phi) is 5.19. The van der Waals surface area contributed by atoms with Crippen molar-refractivity contribution < 1.29 is 26.4 Å². The molecule has 0 bridgehead atoms. The largest absolute Gasteiger partial charge is 0.416 e. The highest BCUT2D eigenvalue weighted by atomic mass is 32.2. The lowest BCUT2D eigenvalue weighted by Gasteiger charge is -2.22. The zero-order valence-electron chi connectivity index (χ0n) is 13.9. The number of primary sulfonamides is 1. The molecule has 0 unspecified atom stereocenters. The zero-order valence-corrected chi connectivity index (χ0v) is 15.5. The molecular formula is C16H16F3N3O3S2. The molecule has 1 aliphatic rings. The van der Waals surface area contributed by atoms with Crippen LogP contribution in [0.5, 0.6) is 0 Å². The summed E-state index contributed by atoms with van der Waals surface area (Å²) in [4.78, 5) is 14.3. The summed E-state index contributed by atoms with van der Waals surface area (Å²) in [6.07, 6.45) is -2.72. The van der Waals surface area contributed by atoms with Crippen molar-refractivity contribution in [3.8, 4) is 0 Å². The molecule has 1 amide bonds. The molecule has 0 aliphatic carbocycles. The lowest BCUT2D eigenvalue weighted by molar-refractivity contribution is -0.137. The fraction of sp³-hybridized carbons (Fsp3) is 0.312. The first-order valence-electron chi connectivity index (χ1n) is 7.94. The summed E-state index contributed by atoms with van der Waals surface area (Å²) in [5, 5.41) is 8.78. The van der Waals surface area contributed by atoms with E-state index in [2.05, 4.69) is 5.32 Å². The van der Waals surface area contributed by atoms with Gasteiger partial charge >= 0.3 is 6.18 Å². The normalized spacial score (nSPS) is 15.2. The van der Waals surface area contributed by atoms with Crippen LogP contribution >= 0.6 is 11.3 Å². The molecule has 1 aromatic carbocycles. The van der Waals surface area contributed by atoms with Crippen molar-refractivity contribution in [3.05, 3.63) is 40.8 Å². The molecular weight excluding hydrogens is 403 g/mol. The van der Waals surface area contributed by atoms with Crippen LogP contribution in [0.25, 0.3) is 0 Å². The number of nitrogens with zero attached hydrogens (tertiary/aromatic N) is 1. The van der Waals surface area contributed by atoms with Gasteiger partial charge in [0.05, 0.1) is 22.5 Å². The van der Waals surface area contributed by atoms with Crippen molar-refractivity contribution in [2.24, 2.45) is 5.14 Å². The van der Waals surface area contributed by atoms with Crippen molar-refractivity contribution in [1.29, 1.82) is 0 Å². The second-order valence-electron chi connectivity index (χ2n) is 6.08. The highest BCUT2D eigenvalue weighted by Gasteiger charge is 2.32. The van der Waals surface area contributed by atoms with Crippen molar-refractivity contribution in [3.63, 3.8) is 0 Å². The number of amides is 1. The molecule has 27 heavy (non-hydrogen) atoms. The van der Waals surface area contributed by atoms with Gasteiger partial charge in [-0.1, -0.05) is 0 Å². The van der Waals surface area contributed by atoms with E-state index in [0.717, 1.165) is 42.4 Å². The van der Waals surface area contributed by atoms with Crippen LogP contribution in [0.3, 0.4) is 0 Å². The van der Waals surface area contributed by atoms with E-state index in [1.807, 2.05) is 4.90 Å². The SMILES string of the molecule is NS(=O)(=O)c1cc(C(=O)Nc2cc(C(F)(F)F)ccc2N2CCCC2)cs1. The molecule has 6 nitrogen and oxygen atoms in total. The highest BCUT2D eigenvalue weighted by molar-refractivity contribution is 7.91. The summed E-state index contributed by atoms with van der Waals surface area (Å²) in [5.74, 6) is -0.707. The lowest BCUT2D eigenvalue weighted by atomic mass is 10.1. The quantitative estimate of drug-likeness (QED) is 0.796. The monoisotopic (exact) mass is 419 g/mol. The Labute approximate surface area is 157 Å². The molecule has 2 aromatic rings. The topological polar surface area (TPSA) is 92.5 Å². The number of anilines is 2. The van der Waals surface area contributed by atoms with E-state index in [-0.39, 0.29) is 15.5 Å². The molecule has 1 fully saturated rings. The Hall–Kier alpha value is -2.11. The minimum Gasteiger partial charge on any atom is -0.370 e. The first-order chi connectivity index (χ1) is 12.6. The minimum absolute atomic E-state index is 0.00816. The van der Waals surface area contributed by atoms with Gasteiger partial charge in [-0.25, -0.2) is 13.6 Å². The van der Waals surface area contributed by atoms with Crippen LogP contribution < -0.4 is 15.4 Å². The number of sulfonamides is 1. The van der Waals surface area contributed by atoms with Crippen LogP contribution in [0.4, 0.5) is 24.5 Å². The standard InChI is InChI=1S/C16H16F3N3O3S2/c17-16(18,19)11-3-4-13(22-5-1-2-6-22)12(8-11)21-15(23)10-7-14(26-9-10)27(20,24)25/h3-4,7-9H,1-2,5-6H2,(H,21,23)(H2,20,24,25). The number of rotatable bonds is 4. The van der Waals surface area contributed by atoms with Crippen LogP contribution in [0.15, 0.2) is 33.9 Å². The molecule has 0 saturated carbocycles. The first kappa shape index (κ1) is 19.6. The van der Waals surface area contributed by atoms with E-state index in [0.29, 0.717) is 18.8 Å². The van der Waals surface area contributed by atoms with Gasteiger partial charge in [-0.15, -0.1) is 11.3 Å². The molecule has 0 atom stereocenters. The van der Waals surface area contributed by atoms with Gasteiger partial charge in [0.15, 0.2) is 0 Å². The molecule has 1 aromatic heterocycles. The molecule has 3 N–H and O–H groups in total. The van der Waals surface area contributed by atoms with Gasteiger partial charge in [0.1, 0.15) is 4.21 Å². The Morgan fingerprint density at radius 1 is 1.19 bits per heavy atom. The number of alkyl halides is 3. The maximum atomic E-state index is 13.1. The van der Waals surface area contributed by atoms with E-state index in [4.69, 9.17) is 5.14 Å². The fourth-order valence-electron chi connectivity index (χ4n) is 2.83. The highest BCUT2D eigenvalue weighted by Crippen LogP contribution is 2.36. The van der Waals surface area contributed by atoms with Crippen LogP contribution in [0, 0.1) is 0 Å². The van der Waals surface area contributed by atoms with Crippen molar-refractivity contribution >= 4 is 38.6 Å². The van der Waals surface area contributed by atoms with Crippen LogP contribution in [-0.2, 0) is 16.2 Å². The molecule has 3 rings (SSSR count).